The molecule has 29 heavy (non-hydrogen) atoms. The van der Waals surface area contributed by atoms with Gasteiger partial charge in [0.05, 0.1) is 22.2 Å². The first kappa shape index (κ1) is 17.8. The first-order valence-electron chi connectivity index (χ1n) is 9.30. The Kier molecular flexibility index (Phi) is 4.28. The van der Waals surface area contributed by atoms with Crippen molar-refractivity contribution in [3.8, 4) is 11.3 Å². The number of rotatable bonds is 3. The van der Waals surface area contributed by atoms with Crippen LogP contribution in [0.1, 0.15) is 0 Å². The van der Waals surface area contributed by atoms with Crippen molar-refractivity contribution < 1.29 is 0 Å². The molecule has 0 aliphatic rings. The van der Waals surface area contributed by atoms with Gasteiger partial charge in [-0.15, -0.1) is 10.2 Å². The first-order chi connectivity index (χ1) is 14.1. The Hall–Kier alpha value is -3.25. The van der Waals surface area contributed by atoms with Crippen LogP contribution in [0.4, 0.5) is 11.6 Å². The highest BCUT2D eigenvalue weighted by Gasteiger charge is 2.17. The van der Waals surface area contributed by atoms with Crippen molar-refractivity contribution in [2.45, 2.75) is 0 Å². The van der Waals surface area contributed by atoms with E-state index in [4.69, 9.17) is 0 Å². The Morgan fingerprint density at radius 2 is 1.55 bits per heavy atom. The molecule has 0 fully saturated rings. The molecule has 3 aromatic carbocycles. The molecule has 0 aliphatic carbocycles. The molecule has 0 saturated carbocycles. The van der Waals surface area contributed by atoms with Crippen LogP contribution in [0.2, 0.25) is 0 Å². The SMILES string of the molecule is Cn1c(N=Nc2c(-c3ccccc3)n(C)c3ccccc23)nc2ccc(Br)cc21. The Bertz CT molecular complexity index is 1380. The topological polar surface area (TPSA) is 47.5 Å². The molecule has 5 aromatic rings. The zero-order valence-corrected chi connectivity index (χ0v) is 17.6. The lowest BCUT2D eigenvalue weighted by Crippen LogP contribution is -1.91. The lowest BCUT2D eigenvalue weighted by molar-refractivity contribution is 0.920. The summed E-state index contributed by atoms with van der Waals surface area (Å²) in [5.41, 5.74) is 6.02. The van der Waals surface area contributed by atoms with Crippen molar-refractivity contribution in [1.29, 1.82) is 0 Å². The van der Waals surface area contributed by atoms with Gasteiger partial charge in [0.2, 0.25) is 5.95 Å². The van der Waals surface area contributed by atoms with Crippen molar-refractivity contribution in [3.05, 3.63) is 77.3 Å². The molecule has 6 heteroatoms. The summed E-state index contributed by atoms with van der Waals surface area (Å²) >= 11 is 3.52. The summed E-state index contributed by atoms with van der Waals surface area (Å²) in [6, 6.07) is 24.5. The zero-order chi connectivity index (χ0) is 20.0. The molecular weight excluding hydrogens is 426 g/mol. The van der Waals surface area contributed by atoms with Crippen molar-refractivity contribution in [1.82, 2.24) is 14.1 Å². The van der Waals surface area contributed by atoms with Gasteiger partial charge in [-0.1, -0.05) is 64.5 Å². The molecule has 0 radical (unpaired) electrons. The third-order valence-corrected chi connectivity index (χ3v) is 5.68. The standard InChI is InChI=1S/C23H18BrN5/c1-28-19-11-7-6-10-17(19)21(22(28)15-8-4-3-5-9-15)26-27-23-25-18-13-12-16(24)14-20(18)29(23)2/h3-14H,1-2H3. The van der Waals surface area contributed by atoms with E-state index in [1.165, 1.54) is 0 Å². The number of imidazole rings is 1. The van der Waals surface area contributed by atoms with E-state index in [0.717, 1.165) is 43.4 Å². The van der Waals surface area contributed by atoms with Crippen LogP contribution in [-0.2, 0) is 14.1 Å². The van der Waals surface area contributed by atoms with E-state index >= 15 is 0 Å². The van der Waals surface area contributed by atoms with Gasteiger partial charge in [0.15, 0.2) is 0 Å². The van der Waals surface area contributed by atoms with Gasteiger partial charge in [-0.2, -0.15) is 0 Å². The highest BCUT2D eigenvalue weighted by atomic mass is 79.9. The number of halogens is 1. The quantitative estimate of drug-likeness (QED) is 0.279. The summed E-state index contributed by atoms with van der Waals surface area (Å²) in [5, 5.41) is 10.3. The molecule has 2 heterocycles. The predicted molar refractivity (Wildman–Crippen MR) is 121 cm³/mol. The van der Waals surface area contributed by atoms with E-state index in [1.807, 2.05) is 60.1 Å². The van der Waals surface area contributed by atoms with Crippen LogP contribution >= 0.6 is 15.9 Å². The van der Waals surface area contributed by atoms with Crippen LogP contribution in [0.25, 0.3) is 33.2 Å². The van der Waals surface area contributed by atoms with Crippen molar-refractivity contribution >= 4 is 49.5 Å². The van der Waals surface area contributed by atoms with Gasteiger partial charge >= 0.3 is 0 Å². The zero-order valence-electron chi connectivity index (χ0n) is 16.0. The molecule has 0 amide bonds. The minimum Gasteiger partial charge on any atom is -0.342 e. The number of benzene rings is 3. The number of nitrogens with zero attached hydrogens (tertiary/aromatic N) is 5. The van der Waals surface area contributed by atoms with Gasteiger partial charge in [0.25, 0.3) is 0 Å². The van der Waals surface area contributed by atoms with Crippen LogP contribution < -0.4 is 0 Å². The first-order valence-corrected chi connectivity index (χ1v) is 10.1. The van der Waals surface area contributed by atoms with E-state index in [0.29, 0.717) is 5.95 Å². The third-order valence-electron chi connectivity index (χ3n) is 5.19. The predicted octanol–water partition coefficient (Wildman–Crippen LogP) is 6.91. The Morgan fingerprint density at radius 3 is 2.38 bits per heavy atom. The van der Waals surface area contributed by atoms with Gasteiger partial charge in [-0.3, -0.25) is 0 Å². The monoisotopic (exact) mass is 443 g/mol. The third kappa shape index (κ3) is 2.96. The average Bonchev–Trinajstić information content (AvgIpc) is 3.21. The fourth-order valence-electron chi connectivity index (χ4n) is 3.74. The van der Waals surface area contributed by atoms with E-state index in [1.54, 1.807) is 0 Å². The lowest BCUT2D eigenvalue weighted by Gasteiger charge is -2.05. The number of para-hydroxylation sites is 1. The maximum absolute atomic E-state index is 4.69. The maximum Gasteiger partial charge on any atom is 0.250 e. The molecule has 0 unspecified atom stereocenters. The van der Waals surface area contributed by atoms with Crippen LogP contribution in [-0.4, -0.2) is 14.1 Å². The Morgan fingerprint density at radius 1 is 0.793 bits per heavy atom. The summed E-state index contributed by atoms with van der Waals surface area (Å²) < 4.78 is 5.14. The number of hydrogen-bond acceptors (Lipinski definition) is 3. The highest BCUT2D eigenvalue weighted by molar-refractivity contribution is 9.10. The van der Waals surface area contributed by atoms with Crippen molar-refractivity contribution in [2.75, 3.05) is 0 Å². The summed E-state index contributed by atoms with van der Waals surface area (Å²) in [6.07, 6.45) is 0. The maximum atomic E-state index is 4.69. The largest absolute Gasteiger partial charge is 0.342 e. The van der Waals surface area contributed by atoms with E-state index < -0.39 is 0 Å². The number of hydrogen-bond donors (Lipinski definition) is 0. The number of aromatic nitrogens is 3. The second-order valence-electron chi connectivity index (χ2n) is 6.94. The fraction of sp³-hybridized carbons (Fsp3) is 0.0870. The fourth-order valence-corrected chi connectivity index (χ4v) is 4.08. The molecule has 5 rings (SSSR count). The number of fused-ring (bicyclic) bond motifs is 2. The van der Waals surface area contributed by atoms with Crippen LogP contribution in [0.3, 0.4) is 0 Å². The minimum absolute atomic E-state index is 0.574. The molecular formula is C23H18BrN5. The molecule has 0 bridgehead atoms. The Balaban J connectivity index is 1.71. The van der Waals surface area contributed by atoms with E-state index in [-0.39, 0.29) is 0 Å². The summed E-state index contributed by atoms with van der Waals surface area (Å²) in [7, 11) is 4.02. The second kappa shape index (κ2) is 6.97. The summed E-state index contributed by atoms with van der Waals surface area (Å²) in [5.74, 6) is 0.574. The van der Waals surface area contributed by atoms with Crippen LogP contribution in [0, 0.1) is 0 Å². The van der Waals surface area contributed by atoms with E-state index in [9.17, 15) is 0 Å². The molecule has 0 atom stereocenters. The Labute approximate surface area is 176 Å². The van der Waals surface area contributed by atoms with Crippen molar-refractivity contribution in [3.63, 3.8) is 0 Å². The van der Waals surface area contributed by atoms with Gasteiger partial charge in [-0.05, 0) is 24.3 Å². The molecule has 0 N–H and O–H groups in total. The lowest BCUT2D eigenvalue weighted by atomic mass is 10.1. The molecule has 142 valence electrons. The second-order valence-corrected chi connectivity index (χ2v) is 7.86. The van der Waals surface area contributed by atoms with Gasteiger partial charge in [-0.25, -0.2) is 4.98 Å². The molecule has 2 aromatic heterocycles. The number of azo groups is 1. The normalized spacial score (nSPS) is 11.8. The van der Waals surface area contributed by atoms with E-state index in [2.05, 4.69) is 67.0 Å². The van der Waals surface area contributed by atoms with Gasteiger partial charge < -0.3 is 9.13 Å². The summed E-state index contributed by atoms with van der Waals surface area (Å²) in [4.78, 5) is 4.63. The molecule has 5 nitrogen and oxygen atoms in total. The number of aryl methyl sites for hydroxylation is 2. The van der Waals surface area contributed by atoms with Crippen LogP contribution in [0.5, 0.6) is 0 Å². The van der Waals surface area contributed by atoms with Crippen LogP contribution in [0.15, 0.2) is 87.5 Å². The average molecular weight is 444 g/mol. The molecule has 0 spiro atoms. The molecule has 0 aliphatic heterocycles. The molecule has 0 saturated heterocycles. The highest BCUT2D eigenvalue weighted by Crippen LogP contribution is 2.40. The minimum atomic E-state index is 0.574. The van der Waals surface area contributed by atoms with Gasteiger partial charge in [0.1, 0.15) is 5.69 Å². The van der Waals surface area contributed by atoms with Gasteiger partial charge in [0, 0.05) is 29.5 Å². The van der Waals surface area contributed by atoms with Crippen molar-refractivity contribution in [2.24, 2.45) is 24.3 Å². The summed E-state index contributed by atoms with van der Waals surface area (Å²) in [6.45, 7) is 0. The smallest absolute Gasteiger partial charge is 0.250 e.